The van der Waals surface area contributed by atoms with Crippen LogP contribution in [0.3, 0.4) is 0 Å². The highest BCUT2D eigenvalue weighted by atomic mass is 79.9. The van der Waals surface area contributed by atoms with Crippen molar-refractivity contribution in [3.63, 3.8) is 0 Å². The molecule has 3 unspecified atom stereocenters. The van der Waals surface area contributed by atoms with Crippen LogP contribution in [-0.4, -0.2) is 37.0 Å². The van der Waals surface area contributed by atoms with Gasteiger partial charge in [-0.2, -0.15) is 0 Å². The minimum atomic E-state index is 0. The maximum atomic E-state index is 12.5. The number of ether oxygens (including phenoxy) is 1. The molecule has 1 aliphatic heterocycles. The average molecular weight is 382 g/mol. The SMILES string of the molecule is COc1cc(C(=O)N2CC3CCC(N)C3C2)sc1Br.Cl. The number of nitrogens with zero attached hydrogens (tertiary/aromatic N) is 1. The fourth-order valence-electron chi connectivity index (χ4n) is 3.23. The fourth-order valence-corrected chi connectivity index (χ4v) is 4.84. The smallest absolute Gasteiger partial charge is 0.264 e. The quantitative estimate of drug-likeness (QED) is 0.857. The average Bonchev–Trinajstić information content (AvgIpc) is 3.05. The fraction of sp³-hybridized carbons (Fsp3) is 0.615. The van der Waals surface area contributed by atoms with Crippen LogP contribution in [0.5, 0.6) is 5.75 Å². The summed E-state index contributed by atoms with van der Waals surface area (Å²) < 4.78 is 6.07. The van der Waals surface area contributed by atoms with E-state index in [1.54, 1.807) is 7.11 Å². The molecule has 1 aliphatic carbocycles. The molecule has 2 N–H and O–H groups in total. The molecule has 7 heteroatoms. The van der Waals surface area contributed by atoms with Crippen LogP contribution in [0.15, 0.2) is 9.85 Å². The maximum Gasteiger partial charge on any atom is 0.264 e. The molecule has 0 spiro atoms. The number of carbonyl (C=O) groups excluding carboxylic acids is 1. The Morgan fingerprint density at radius 1 is 1.50 bits per heavy atom. The van der Waals surface area contributed by atoms with Crippen LogP contribution in [0, 0.1) is 11.8 Å². The van der Waals surface area contributed by atoms with Crippen LogP contribution >= 0.6 is 39.7 Å². The minimum absolute atomic E-state index is 0. The Hall–Kier alpha value is -0.300. The van der Waals surface area contributed by atoms with E-state index in [-0.39, 0.29) is 24.4 Å². The standard InChI is InChI=1S/C13H17BrN2O2S.ClH/c1-18-10-4-11(19-12(10)14)13(17)16-5-7-2-3-9(15)8(7)6-16;/h4,7-9H,2-3,5-6,15H2,1H3;1H. The van der Waals surface area contributed by atoms with Crippen molar-refractivity contribution >= 4 is 45.6 Å². The zero-order valence-electron chi connectivity index (χ0n) is 11.2. The molecule has 112 valence electrons. The molecule has 1 aromatic rings. The van der Waals surface area contributed by atoms with Crippen molar-refractivity contribution in [2.45, 2.75) is 18.9 Å². The first-order chi connectivity index (χ1) is 9.10. The molecule has 0 bridgehead atoms. The monoisotopic (exact) mass is 380 g/mol. The van der Waals surface area contributed by atoms with Crippen LogP contribution in [0.1, 0.15) is 22.5 Å². The number of fused-ring (bicyclic) bond motifs is 1. The second-order valence-electron chi connectivity index (χ2n) is 5.33. The van der Waals surface area contributed by atoms with Gasteiger partial charge in [-0.1, -0.05) is 0 Å². The van der Waals surface area contributed by atoms with Gasteiger partial charge in [-0.25, -0.2) is 0 Å². The number of hydrogen-bond donors (Lipinski definition) is 1. The van der Waals surface area contributed by atoms with Crippen molar-refractivity contribution in [2.75, 3.05) is 20.2 Å². The predicted octanol–water partition coefficient (Wildman–Crippen LogP) is 2.75. The normalized spacial score (nSPS) is 28.1. The highest BCUT2D eigenvalue weighted by Crippen LogP contribution is 2.39. The molecule has 2 heterocycles. The molecular formula is C13H18BrClN2O2S. The van der Waals surface area contributed by atoms with Gasteiger partial charge in [0.2, 0.25) is 0 Å². The van der Waals surface area contributed by atoms with Gasteiger partial charge in [0.1, 0.15) is 9.54 Å². The van der Waals surface area contributed by atoms with Gasteiger partial charge in [0.25, 0.3) is 5.91 Å². The van der Waals surface area contributed by atoms with Gasteiger partial charge in [0, 0.05) is 25.2 Å². The highest BCUT2D eigenvalue weighted by molar-refractivity contribution is 9.11. The molecule has 3 rings (SSSR count). The second kappa shape index (κ2) is 6.22. The summed E-state index contributed by atoms with van der Waals surface area (Å²) in [5.74, 6) is 1.93. The Labute approximate surface area is 137 Å². The summed E-state index contributed by atoms with van der Waals surface area (Å²) in [5.41, 5.74) is 6.11. The first kappa shape index (κ1) is 16.1. The largest absolute Gasteiger partial charge is 0.495 e. The summed E-state index contributed by atoms with van der Waals surface area (Å²) >= 11 is 4.85. The number of nitrogens with two attached hydrogens (primary N) is 1. The lowest BCUT2D eigenvalue weighted by molar-refractivity contribution is 0.0784. The van der Waals surface area contributed by atoms with Gasteiger partial charge in [0.05, 0.1) is 12.0 Å². The summed E-state index contributed by atoms with van der Waals surface area (Å²) in [6.07, 6.45) is 2.27. The third-order valence-corrected chi connectivity index (χ3v) is 6.05. The lowest BCUT2D eigenvalue weighted by atomic mass is 9.98. The van der Waals surface area contributed by atoms with Crippen LogP contribution < -0.4 is 10.5 Å². The lowest BCUT2D eigenvalue weighted by Gasteiger charge is -2.17. The van der Waals surface area contributed by atoms with Gasteiger partial charge in [-0.3, -0.25) is 4.79 Å². The molecule has 1 amide bonds. The van der Waals surface area contributed by atoms with E-state index in [9.17, 15) is 4.79 Å². The first-order valence-electron chi connectivity index (χ1n) is 6.48. The molecule has 20 heavy (non-hydrogen) atoms. The molecule has 1 aromatic heterocycles. The number of rotatable bonds is 2. The van der Waals surface area contributed by atoms with Crippen LogP contribution in [0.25, 0.3) is 0 Å². The third-order valence-electron chi connectivity index (χ3n) is 4.29. The van der Waals surface area contributed by atoms with Crippen molar-refractivity contribution in [3.05, 3.63) is 14.7 Å². The summed E-state index contributed by atoms with van der Waals surface area (Å²) in [6, 6.07) is 2.08. The van der Waals surface area contributed by atoms with Crippen LogP contribution in [0.4, 0.5) is 0 Å². The van der Waals surface area contributed by atoms with E-state index in [1.807, 2.05) is 11.0 Å². The Bertz CT molecular complexity index is 511. The first-order valence-corrected chi connectivity index (χ1v) is 8.09. The van der Waals surface area contributed by atoms with E-state index in [4.69, 9.17) is 10.5 Å². The molecule has 2 aliphatic rings. The minimum Gasteiger partial charge on any atom is -0.495 e. The molecule has 2 fully saturated rings. The number of amides is 1. The van der Waals surface area contributed by atoms with Gasteiger partial charge >= 0.3 is 0 Å². The zero-order valence-corrected chi connectivity index (χ0v) is 14.4. The van der Waals surface area contributed by atoms with Crippen molar-refractivity contribution in [2.24, 2.45) is 17.6 Å². The number of halogens is 2. The number of likely N-dealkylation sites (tertiary alicyclic amines) is 1. The highest BCUT2D eigenvalue weighted by Gasteiger charge is 2.42. The molecule has 0 radical (unpaired) electrons. The van der Waals surface area contributed by atoms with Crippen molar-refractivity contribution < 1.29 is 9.53 Å². The van der Waals surface area contributed by atoms with Crippen molar-refractivity contribution in [3.8, 4) is 5.75 Å². The van der Waals surface area contributed by atoms with Crippen molar-refractivity contribution in [1.29, 1.82) is 0 Å². The van der Waals surface area contributed by atoms with E-state index in [0.29, 0.717) is 11.8 Å². The maximum absolute atomic E-state index is 12.5. The predicted molar refractivity (Wildman–Crippen MR) is 85.9 cm³/mol. The molecule has 4 nitrogen and oxygen atoms in total. The summed E-state index contributed by atoms with van der Waals surface area (Å²) in [5, 5.41) is 0. The second-order valence-corrected chi connectivity index (χ2v) is 7.70. The van der Waals surface area contributed by atoms with Gasteiger partial charge in [-0.15, -0.1) is 23.7 Å². The number of methoxy groups -OCH3 is 1. The Morgan fingerprint density at radius 3 is 2.85 bits per heavy atom. The van der Waals surface area contributed by atoms with Gasteiger partial charge in [0.15, 0.2) is 0 Å². The molecule has 0 aromatic carbocycles. The lowest BCUT2D eigenvalue weighted by Crippen LogP contribution is -2.33. The third kappa shape index (κ3) is 2.71. The van der Waals surface area contributed by atoms with Crippen LogP contribution in [-0.2, 0) is 0 Å². The number of thiophene rings is 1. The molecule has 1 saturated carbocycles. The van der Waals surface area contributed by atoms with E-state index >= 15 is 0 Å². The molecule has 1 saturated heterocycles. The summed E-state index contributed by atoms with van der Waals surface area (Å²) in [4.78, 5) is 15.2. The zero-order chi connectivity index (χ0) is 13.6. The van der Waals surface area contributed by atoms with E-state index in [1.165, 1.54) is 11.3 Å². The molecule has 3 atom stereocenters. The van der Waals surface area contributed by atoms with E-state index in [0.717, 1.165) is 40.3 Å². The summed E-state index contributed by atoms with van der Waals surface area (Å²) in [6.45, 7) is 1.66. The van der Waals surface area contributed by atoms with Crippen LogP contribution in [0.2, 0.25) is 0 Å². The summed E-state index contributed by atoms with van der Waals surface area (Å²) in [7, 11) is 1.61. The number of carbonyl (C=O) groups is 1. The number of hydrogen-bond acceptors (Lipinski definition) is 4. The topological polar surface area (TPSA) is 55.6 Å². The van der Waals surface area contributed by atoms with Crippen molar-refractivity contribution in [1.82, 2.24) is 4.90 Å². The Morgan fingerprint density at radius 2 is 2.25 bits per heavy atom. The van der Waals surface area contributed by atoms with Gasteiger partial charge < -0.3 is 15.4 Å². The van der Waals surface area contributed by atoms with Gasteiger partial charge in [-0.05, 0) is 40.6 Å². The molecular weight excluding hydrogens is 364 g/mol. The van der Waals surface area contributed by atoms with E-state index < -0.39 is 0 Å². The Balaban J connectivity index is 0.00000147. The Kier molecular flexibility index (Phi) is 5.00. The van der Waals surface area contributed by atoms with E-state index in [2.05, 4.69) is 15.9 Å².